The van der Waals surface area contributed by atoms with Crippen LogP contribution in [0.3, 0.4) is 0 Å². The van der Waals surface area contributed by atoms with Crippen molar-refractivity contribution in [3.05, 3.63) is 35.4 Å². The third-order valence-corrected chi connectivity index (χ3v) is 7.43. The van der Waals surface area contributed by atoms with Gasteiger partial charge in [-0.15, -0.1) is 0 Å². The van der Waals surface area contributed by atoms with Crippen LogP contribution in [0.1, 0.15) is 28.9 Å². The van der Waals surface area contributed by atoms with E-state index in [1.165, 1.54) is 7.11 Å². The molecule has 3 heterocycles. The average Bonchev–Trinajstić information content (AvgIpc) is 3.23. The van der Waals surface area contributed by atoms with E-state index in [1.807, 2.05) is 0 Å². The number of benzene rings is 2. The summed E-state index contributed by atoms with van der Waals surface area (Å²) < 4.78 is 33.6. The standard InChI is InChI=1S/C26H32O14/c1-9-15-11(24(34)37-9)6-10-4-3-5-12(35-2)16(10)23(15)40-26-22(33)20(31)18(29)14(39-26)8-36-25-21(32)19(30)17(28)13(7-27)38-25/h3-6,9,13-14,17-22,25-33H,7-8H2,1-2H3/t9?,13-,14-,17-,18-,19+,20+,21-,22-,25-,26+/m1/s1. The minimum Gasteiger partial charge on any atom is -0.496 e. The minimum absolute atomic E-state index is 0.115. The Hall–Kier alpha value is -2.63. The van der Waals surface area contributed by atoms with E-state index in [1.54, 1.807) is 31.2 Å². The van der Waals surface area contributed by atoms with Gasteiger partial charge in [0.25, 0.3) is 0 Å². The number of aliphatic hydroxyl groups is 7. The molecule has 2 aromatic rings. The van der Waals surface area contributed by atoms with E-state index in [2.05, 4.69) is 0 Å². The van der Waals surface area contributed by atoms with Gasteiger partial charge >= 0.3 is 5.97 Å². The van der Waals surface area contributed by atoms with Gasteiger partial charge in [-0.2, -0.15) is 0 Å². The van der Waals surface area contributed by atoms with Gasteiger partial charge in [0.15, 0.2) is 6.29 Å². The first-order chi connectivity index (χ1) is 19.1. The first-order valence-corrected chi connectivity index (χ1v) is 12.7. The second-order valence-electron chi connectivity index (χ2n) is 9.94. The molecule has 0 saturated carbocycles. The Morgan fingerprint density at radius 3 is 2.20 bits per heavy atom. The van der Waals surface area contributed by atoms with Gasteiger partial charge in [-0.3, -0.25) is 0 Å². The van der Waals surface area contributed by atoms with Crippen LogP contribution in [-0.4, -0.2) is 123 Å². The fourth-order valence-electron chi connectivity index (χ4n) is 5.21. The second kappa shape index (κ2) is 11.3. The Kier molecular flexibility index (Phi) is 8.18. The highest BCUT2D eigenvalue weighted by atomic mass is 16.7. The number of hydrogen-bond acceptors (Lipinski definition) is 14. The van der Waals surface area contributed by atoms with Crippen molar-refractivity contribution in [2.45, 2.75) is 74.4 Å². The molecule has 0 bridgehead atoms. The highest BCUT2D eigenvalue weighted by molar-refractivity contribution is 6.04. The summed E-state index contributed by atoms with van der Waals surface area (Å²) in [4.78, 5) is 12.5. The van der Waals surface area contributed by atoms with E-state index < -0.39 is 86.7 Å². The summed E-state index contributed by atoms with van der Waals surface area (Å²) in [6.07, 6.45) is -16.5. The zero-order valence-corrected chi connectivity index (χ0v) is 21.6. The van der Waals surface area contributed by atoms with Crippen LogP contribution in [-0.2, 0) is 18.9 Å². The molecule has 2 fully saturated rings. The van der Waals surface area contributed by atoms with Crippen LogP contribution in [0.2, 0.25) is 0 Å². The zero-order valence-electron chi connectivity index (χ0n) is 21.6. The van der Waals surface area contributed by atoms with Crippen molar-refractivity contribution >= 4 is 16.7 Å². The summed E-state index contributed by atoms with van der Waals surface area (Å²) in [5.41, 5.74) is 0.629. The topological polar surface area (TPSA) is 214 Å². The Labute approximate surface area is 227 Å². The smallest absolute Gasteiger partial charge is 0.339 e. The predicted octanol–water partition coefficient (Wildman–Crippen LogP) is -1.92. The summed E-state index contributed by atoms with van der Waals surface area (Å²) in [6, 6.07) is 6.77. The Morgan fingerprint density at radius 2 is 1.52 bits per heavy atom. The Bertz CT molecular complexity index is 1240. The van der Waals surface area contributed by atoms with Gasteiger partial charge in [-0.05, 0) is 24.4 Å². The molecule has 220 valence electrons. The molecule has 5 rings (SSSR count). The van der Waals surface area contributed by atoms with Crippen molar-refractivity contribution in [2.24, 2.45) is 0 Å². The van der Waals surface area contributed by atoms with Crippen LogP contribution in [0.25, 0.3) is 10.8 Å². The lowest BCUT2D eigenvalue weighted by atomic mass is 9.96. The average molecular weight is 569 g/mol. The highest BCUT2D eigenvalue weighted by Crippen LogP contribution is 2.46. The van der Waals surface area contributed by atoms with Crippen LogP contribution in [0.4, 0.5) is 0 Å². The van der Waals surface area contributed by atoms with Gasteiger partial charge in [0, 0.05) is 5.56 Å². The minimum atomic E-state index is -1.76. The van der Waals surface area contributed by atoms with Gasteiger partial charge < -0.3 is 64.2 Å². The lowest BCUT2D eigenvalue weighted by molar-refractivity contribution is -0.323. The lowest BCUT2D eigenvalue weighted by Crippen LogP contribution is -2.62. The van der Waals surface area contributed by atoms with E-state index in [-0.39, 0.29) is 11.3 Å². The normalized spacial score (nSPS) is 37.7. The number of esters is 1. The van der Waals surface area contributed by atoms with Crippen molar-refractivity contribution in [2.75, 3.05) is 20.3 Å². The molecule has 0 amide bonds. The molecular weight excluding hydrogens is 536 g/mol. The Balaban J connectivity index is 1.42. The summed E-state index contributed by atoms with van der Waals surface area (Å²) in [5, 5.41) is 72.5. The largest absolute Gasteiger partial charge is 0.496 e. The van der Waals surface area contributed by atoms with Crippen molar-refractivity contribution in [3.8, 4) is 11.5 Å². The number of rotatable bonds is 7. The number of carbonyl (C=O) groups excluding carboxylic acids is 1. The van der Waals surface area contributed by atoms with Crippen LogP contribution < -0.4 is 9.47 Å². The van der Waals surface area contributed by atoms with Gasteiger partial charge in [-0.1, -0.05) is 12.1 Å². The van der Waals surface area contributed by atoms with E-state index in [4.69, 9.17) is 28.4 Å². The molecule has 3 aliphatic heterocycles. The van der Waals surface area contributed by atoms with Gasteiger partial charge in [-0.25, -0.2) is 4.79 Å². The molecule has 0 radical (unpaired) electrons. The molecule has 2 saturated heterocycles. The summed E-state index contributed by atoms with van der Waals surface area (Å²) in [5.74, 6) is -0.0526. The van der Waals surface area contributed by atoms with Crippen LogP contribution >= 0.6 is 0 Å². The molecule has 40 heavy (non-hydrogen) atoms. The summed E-state index contributed by atoms with van der Waals surface area (Å²) in [7, 11) is 1.45. The first kappa shape index (κ1) is 28.9. The Morgan fingerprint density at radius 1 is 0.875 bits per heavy atom. The van der Waals surface area contributed by atoms with E-state index >= 15 is 0 Å². The van der Waals surface area contributed by atoms with E-state index in [0.717, 1.165) is 0 Å². The molecule has 0 aromatic heterocycles. The maximum Gasteiger partial charge on any atom is 0.339 e. The van der Waals surface area contributed by atoms with Crippen molar-refractivity contribution in [3.63, 3.8) is 0 Å². The number of fused-ring (bicyclic) bond motifs is 2. The summed E-state index contributed by atoms with van der Waals surface area (Å²) >= 11 is 0. The fourth-order valence-corrected chi connectivity index (χ4v) is 5.21. The molecule has 14 nitrogen and oxygen atoms in total. The van der Waals surface area contributed by atoms with E-state index in [0.29, 0.717) is 22.1 Å². The van der Waals surface area contributed by atoms with Crippen LogP contribution in [0, 0.1) is 0 Å². The predicted molar refractivity (Wildman–Crippen MR) is 131 cm³/mol. The molecule has 14 heteroatoms. The molecular formula is C26H32O14. The number of hydrogen-bond donors (Lipinski definition) is 7. The van der Waals surface area contributed by atoms with Crippen molar-refractivity contribution < 1.29 is 69.0 Å². The number of cyclic esters (lactones) is 1. The van der Waals surface area contributed by atoms with E-state index in [9.17, 15) is 40.5 Å². The van der Waals surface area contributed by atoms with Crippen molar-refractivity contribution in [1.82, 2.24) is 0 Å². The first-order valence-electron chi connectivity index (χ1n) is 12.7. The number of carbonyl (C=O) groups is 1. The number of aliphatic hydroxyl groups excluding tert-OH is 7. The van der Waals surface area contributed by atoms with Gasteiger partial charge in [0.2, 0.25) is 6.29 Å². The van der Waals surface area contributed by atoms with Crippen molar-refractivity contribution in [1.29, 1.82) is 0 Å². The van der Waals surface area contributed by atoms with Crippen LogP contribution in [0.5, 0.6) is 11.5 Å². The molecule has 7 N–H and O–H groups in total. The van der Waals surface area contributed by atoms with Gasteiger partial charge in [0.1, 0.15) is 66.4 Å². The quantitative estimate of drug-likeness (QED) is 0.182. The second-order valence-corrected chi connectivity index (χ2v) is 9.94. The molecule has 3 aliphatic rings. The SMILES string of the molecule is COc1cccc2cc3c(c(O[C@@H]4O[C@H](CO[C@@H]5O[C@H](CO)[C@@H](O)[C@H](O)[C@H]5O)[C@@H](O)[C@H](O)[C@H]4O)c12)C(C)OC3=O. The van der Waals surface area contributed by atoms with Gasteiger partial charge in [0.05, 0.1) is 31.3 Å². The highest BCUT2D eigenvalue weighted by Gasteiger charge is 2.48. The molecule has 0 aliphatic carbocycles. The monoisotopic (exact) mass is 568 g/mol. The number of methoxy groups -OCH3 is 1. The third kappa shape index (κ3) is 4.90. The summed E-state index contributed by atoms with van der Waals surface area (Å²) in [6.45, 7) is 0.450. The van der Waals surface area contributed by atoms with Crippen LogP contribution in [0.15, 0.2) is 24.3 Å². The third-order valence-electron chi connectivity index (χ3n) is 7.43. The molecule has 1 unspecified atom stereocenters. The lowest BCUT2D eigenvalue weighted by Gasteiger charge is -2.42. The molecule has 2 aromatic carbocycles. The molecule has 11 atom stereocenters. The maximum atomic E-state index is 12.5. The zero-order chi connectivity index (χ0) is 28.9. The number of ether oxygens (including phenoxy) is 6. The fraction of sp³-hybridized carbons (Fsp3) is 0.577. The molecule has 0 spiro atoms. The maximum absolute atomic E-state index is 12.5.